The number of benzene rings is 13. The first-order valence-corrected chi connectivity index (χ1v) is 32.5. The first kappa shape index (κ1) is 50.9. The van der Waals surface area contributed by atoms with Crippen LogP contribution in [0.5, 0.6) is 0 Å². The molecule has 4 heteroatoms. The molecule has 19 rings (SSSR count). The first-order valence-electron chi connectivity index (χ1n) is 32.5. The molecule has 2 fully saturated rings. The Labute approximate surface area is 517 Å². The molecule has 2 saturated carbocycles. The lowest BCUT2D eigenvalue weighted by molar-refractivity contribution is 0.442. The molecule has 2 heterocycles. The third-order valence-corrected chi connectivity index (χ3v) is 21.2. The van der Waals surface area contributed by atoms with Gasteiger partial charge in [-0.25, -0.2) is 0 Å². The topological polar surface area (TPSA) is 32.8 Å². The predicted molar refractivity (Wildman–Crippen MR) is 371 cm³/mol. The zero-order valence-corrected chi connectivity index (χ0v) is 49.7. The van der Waals surface area contributed by atoms with Gasteiger partial charge in [0.2, 0.25) is 0 Å². The first-order chi connectivity index (χ1) is 44.2. The normalized spacial score (nSPS) is 15.4. The fourth-order valence-corrected chi connectivity index (χ4v) is 17.4. The van der Waals surface area contributed by atoms with Crippen molar-refractivity contribution in [3.05, 3.63) is 288 Å². The quantitative estimate of drug-likeness (QED) is 0.152. The van der Waals surface area contributed by atoms with Crippen LogP contribution in [-0.2, 0) is 5.41 Å². The highest BCUT2D eigenvalue weighted by molar-refractivity contribution is 6.16. The minimum atomic E-state index is -0.660. The van der Waals surface area contributed by atoms with E-state index in [1.165, 1.54) is 163 Å². The Morgan fingerprint density at radius 1 is 0.292 bits per heavy atom. The largest absolute Gasteiger partial charge is 0.454 e. The third-order valence-electron chi connectivity index (χ3n) is 21.2. The molecule has 1 spiro atoms. The van der Waals surface area contributed by atoms with Crippen molar-refractivity contribution in [1.82, 2.24) is 0 Å². The SMILES string of the molecule is c1ccc(N(c2ccc3c4c(ccc3c2)-c2ccc3cc(N(c5ccccc5)c5cccc6c5oc5c(C7CCCCC7)cccc56)ccc3c2C42c3ccccc3-c3c2ccc2ccccc32)c2cccc3c2oc2c(C4CCCCC4)cccc23)cc1. The lowest BCUT2D eigenvalue weighted by atomic mass is 9.68. The lowest BCUT2D eigenvalue weighted by Gasteiger charge is -2.33. The van der Waals surface area contributed by atoms with Crippen molar-refractivity contribution in [2.45, 2.75) is 81.5 Å². The van der Waals surface area contributed by atoms with Crippen LogP contribution in [-0.4, -0.2) is 0 Å². The van der Waals surface area contributed by atoms with Crippen molar-refractivity contribution in [2.75, 3.05) is 9.80 Å². The van der Waals surface area contributed by atoms with E-state index in [2.05, 4.69) is 265 Å². The fourth-order valence-electron chi connectivity index (χ4n) is 17.4. The highest BCUT2D eigenvalue weighted by atomic mass is 16.3. The van der Waals surface area contributed by atoms with Gasteiger partial charge >= 0.3 is 0 Å². The summed E-state index contributed by atoms with van der Waals surface area (Å²) in [5, 5.41) is 12.1. The lowest BCUT2D eigenvalue weighted by Crippen LogP contribution is -2.26. The van der Waals surface area contributed by atoms with Gasteiger partial charge in [-0.3, -0.25) is 0 Å². The van der Waals surface area contributed by atoms with E-state index in [-0.39, 0.29) is 0 Å². The summed E-state index contributed by atoms with van der Waals surface area (Å²) < 4.78 is 14.5. The van der Waals surface area contributed by atoms with Gasteiger partial charge in [0.1, 0.15) is 11.2 Å². The van der Waals surface area contributed by atoms with Crippen molar-refractivity contribution >= 4 is 110 Å². The number of hydrogen-bond acceptors (Lipinski definition) is 4. The Kier molecular flexibility index (Phi) is 11.4. The van der Waals surface area contributed by atoms with E-state index < -0.39 is 5.41 Å². The number of para-hydroxylation sites is 6. The average molecular weight is 1150 g/mol. The molecule has 0 unspecified atom stereocenters. The number of rotatable bonds is 8. The van der Waals surface area contributed by atoms with Crippen LogP contribution in [0, 0.1) is 0 Å². The maximum Gasteiger partial charge on any atom is 0.159 e. The molecule has 15 aromatic rings. The van der Waals surface area contributed by atoms with E-state index in [1.54, 1.807) is 0 Å². The Bertz CT molecular complexity index is 5100. The van der Waals surface area contributed by atoms with Crippen LogP contribution in [0.3, 0.4) is 0 Å². The second-order valence-corrected chi connectivity index (χ2v) is 25.8. The van der Waals surface area contributed by atoms with Crippen LogP contribution in [0.25, 0.3) is 98.4 Å². The van der Waals surface area contributed by atoms with Crippen LogP contribution in [0.2, 0.25) is 0 Å². The molecule has 426 valence electrons. The van der Waals surface area contributed by atoms with Crippen molar-refractivity contribution in [2.24, 2.45) is 0 Å². The predicted octanol–water partition coefficient (Wildman–Crippen LogP) is 24.3. The van der Waals surface area contributed by atoms with Crippen molar-refractivity contribution in [3.8, 4) is 22.3 Å². The van der Waals surface area contributed by atoms with Crippen LogP contribution in [0.1, 0.15) is 109 Å². The van der Waals surface area contributed by atoms with Crippen LogP contribution >= 0.6 is 0 Å². The number of fused-ring (bicyclic) bond motifs is 22. The van der Waals surface area contributed by atoms with E-state index in [0.29, 0.717) is 11.8 Å². The molecule has 4 aliphatic rings. The molecule has 89 heavy (non-hydrogen) atoms. The maximum atomic E-state index is 7.24. The smallest absolute Gasteiger partial charge is 0.159 e. The van der Waals surface area contributed by atoms with Gasteiger partial charge in [-0.15, -0.1) is 0 Å². The number of furan rings is 2. The van der Waals surface area contributed by atoms with Gasteiger partial charge in [0.15, 0.2) is 11.2 Å². The van der Waals surface area contributed by atoms with Crippen LogP contribution in [0.4, 0.5) is 34.1 Å². The average Bonchev–Trinajstić information content (AvgIpc) is 1.50. The van der Waals surface area contributed by atoms with Crippen LogP contribution < -0.4 is 9.80 Å². The number of anilines is 6. The second kappa shape index (κ2) is 19.9. The molecule has 4 nitrogen and oxygen atoms in total. The standard InChI is InChI=1S/C85H64N2O2/c1-5-21-53(22-6-1)65-32-17-34-69-71-36-19-39-76(83(71)88-81(65)69)86(58-26-9-3-10-27-58)60-44-48-63-56(51-60)41-46-67-68-47-42-57-52-61(45-49-64(57)80(68)85(79(63)67)74-38-16-15-31-73(74)78-62-30-14-13-25-55(62)43-50-75(78)85)87(59-28-11-4-12-29-59)77-40-20-37-72-70-35-18-33-66(82(70)89-84(72)77)54-23-7-2-8-24-54/h3-4,9-20,25-54H,1-2,5-8,21-24H2. The molecule has 0 atom stereocenters. The van der Waals surface area contributed by atoms with E-state index in [1.807, 2.05) is 0 Å². The van der Waals surface area contributed by atoms with Gasteiger partial charge in [-0.2, -0.15) is 0 Å². The van der Waals surface area contributed by atoms with E-state index in [4.69, 9.17) is 8.83 Å². The Balaban J connectivity index is 0.820. The van der Waals surface area contributed by atoms with E-state index >= 15 is 0 Å². The molecule has 0 bridgehead atoms. The molecular formula is C85H64N2O2. The second-order valence-electron chi connectivity index (χ2n) is 25.8. The molecule has 0 radical (unpaired) electrons. The zero-order valence-electron chi connectivity index (χ0n) is 49.7. The van der Waals surface area contributed by atoms with E-state index in [0.717, 1.165) is 67.2 Å². The van der Waals surface area contributed by atoms with Crippen molar-refractivity contribution in [3.63, 3.8) is 0 Å². The summed E-state index contributed by atoms with van der Waals surface area (Å²) in [4.78, 5) is 4.84. The summed E-state index contributed by atoms with van der Waals surface area (Å²) in [7, 11) is 0. The molecule has 2 aromatic heterocycles. The van der Waals surface area contributed by atoms with Gasteiger partial charge in [-0.1, -0.05) is 233 Å². The van der Waals surface area contributed by atoms with Crippen molar-refractivity contribution in [1.29, 1.82) is 0 Å². The summed E-state index contributed by atoms with van der Waals surface area (Å²) in [5.41, 5.74) is 22.9. The highest BCUT2D eigenvalue weighted by Crippen LogP contribution is 2.67. The minimum absolute atomic E-state index is 0.519. The van der Waals surface area contributed by atoms with Crippen LogP contribution in [0.15, 0.2) is 264 Å². The van der Waals surface area contributed by atoms with Gasteiger partial charge < -0.3 is 18.6 Å². The minimum Gasteiger partial charge on any atom is -0.454 e. The molecule has 0 saturated heterocycles. The monoisotopic (exact) mass is 1140 g/mol. The fraction of sp³-hybridized carbons (Fsp3) is 0.153. The maximum absolute atomic E-state index is 7.24. The molecule has 4 aliphatic carbocycles. The summed E-state index contributed by atoms with van der Waals surface area (Å²) in [6.07, 6.45) is 12.6. The molecule has 0 aliphatic heterocycles. The third kappa shape index (κ3) is 7.47. The van der Waals surface area contributed by atoms with Crippen molar-refractivity contribution < 1.29 is 8.83 Å². The number of hydrogen-bond donors (Lipinski definition) is 0. The number of nitrogens with zero attached hydrogens (tertiary/aromatic N) is 2. The summed E-state index contributed by atoms with van der Waals surface area (Å²) >= 11 is 0. The summed E-state index contributed by atoms with van der Waals surface area (Å²) in [6, 6.07) is 96.0. The molecule has 0 N–H and O–H groups in total. The highest BCUT2D eigenvalue weighted by Gasteiger charge is 2.54. The zero-order chi connectivity index (χ0) is 58.3. The van der Waals surface area contributed by atoms with Gasteiger partial charge in [0.05, 0.1) is 16.8 Å². The Morgan fingerprint density at radius 2 is 0.742 bits per heavy atom. The Morgan fingerprint density at radius 3 is 1.28 bits per heavy atom. The van der Waals surface area contributed by atoms with Gasteiger partial charge in [0.25, 0.3) is 0 Å². The van der Waals surface area contributed by atoms with E-state index in [9.17, 15) is 0 Å². The molecule has 0 amide bonds. The van der Waals surface area contributed by atoms with Gasteiger partial charge in [-0.05, 0) is 186 Å². The summed E-state index contributed by atoms with van der Waals surface area (Å²) in [6.45, 7) is 0. The molecular weight excluding hydrogens is 1080 g/mol. The molecule has 13 aromatic carbocycles. The Hall–Kier alpha value is -10.2. The summed E-state index contributed by atoms with van der Waals surface area (Å²) in [5.74, 6) is 1.04. The van der Waals surface area contributed by atoms with Gasteiger partial charge in [0, 0.05) is 44.3 Å².